The van der Waals surface area contributed by atoms with Crippen LogP contribution in [0.3, 0.4) is 0 Å². The Kier molecular flexibility index (Phi) is 7.17. The van der Waals surface area contributed by atoms with E-state index in [1.165, 1.54) is 6.92 Å². The van der Waals surface area contributed by atoms with Crippen LogP contribution in [0, 0.1) is 0 Å². The Hall–Kier alpha value is -0.990. The van der Waals surface area contributed by atoms with E-state index in [-0.39, 0.29) is 6.61 Å². The lowest BCUT2D eigenvalue weighted by molar-refractivity contribution is -0.106. The van der Waals surface area contributed by atoms with Gasteiger partial charge in [-0.25, -0.2) is 13.2 Å². The van der Waals surface area contributed by atoms with Crippen LogP contribution in [0.2, 0.25) is 0 Å². The summed E-state index contributed by atoms with van der Waals surface area (Å²) in [5, 5.41) is 2.17. The van der Waals surface area contributed by atoms with Crippen LogP contribution >= 0.6 is 0 Å². The molecule has 0 aromatic rings. The molecule has 0 radical (unpaired) electrons. The van der Waals surface area contributed by atoms with Crippen LogP contribution < -0.4 is 5.32 Å². The first-order valence-corrected chi connectivity index (χ1v) is 7.58. The number of hydrogen-bond donors (Lipinski definition) is 1. The summed E-state index contributed by atoms with van der Waals surface area (Å²) in [6, 6.07) is -0.943. The molecule has 0 saturated carbocycles. The molecule has 114 valence electrons. The van der Waals surface area contributed by atoms with E-state index < -0.39 is 39.7 Å². The summed E-state index contributed by atoms with van der Waals surface area (Å²) < 4.78 is 63.0. The SMILES string of the molecule is CCCCOC(=O)NC(C)CS(=O)(=O)CC(F)(F)F. The third-order valence-electron chi connectivity index (χ3n) is 1.98. The Morgan fingerprint density at radius 2 is 1.95 bits per heavy atom. The van der Waals surface area contributed by atoms with Crippen molar-refractivity contribution in [3.63, 3.8) is 0 Å². The summed E-state index contributed by atoms with van der Waals surface area (Å²) in [4.78, 5) is 11.1. The van der Waals surface area contributed by atoms with Gasteiger partial charge in [0.15, 0.2) is 9.84 Å². The largest absolute Gasteiger partial charge is 0.450 e. The number of rotatable bonds is 7. The summed E-state index contributed by atoms with van der Waals surface area (Å²) in [6.45, 7) is 3.38. The Morgan fingerprint density at radius 1 is 1.37 bits per heavy atom. The molecule has 5 nitrogen and oxygen atoms in total. The van der Waals surface area contributed by atoms with E-state index in [2.05, 4.69) is 5.32 Å². The van der Waals surface area contributed by atoms with E-state index in [4.69, 9.17) is 4.74 Å². The van der Waals surface area contributed by atoms with E-state index in [1.54, 1.807) is 0 Å². The molecule has 1 N–H and O–H groups in total. The fourth-order valence-corrected chi connectivity index (χ4v) is 2.74. The van der Waals surface area contributed by atoms with Gasteiger partial charge in [0.1, 0.15) is 5.75 Å². The maximum absolute atomic E-state index is 12.0. The third kappa shape index (κ3) is 10.6. The van der Waals surface area contributed by atoms with E-state index in [0.29, 0.717) is 6.42 Å². The summed E-state index contributed by atoms with van der Waals surface area (Å²) in [7, 11) is -4.30. The van der Waals surface area contributed by atoms with Crippen LogP contribution in [-0.2, 0) is 14.6 Å². The Bertz CT molecular complexity index is 381. The van der Waals surface area contributed by atoms with Crippen molar-refractivity contribution in [1.82, 2.24) is 5.32 Å². The quantitative estimate of drug-likeness (QED) is 0.729. The number of carbonyl (C=O) groups excluding carboxylic acids is 1. The topological polar surface area (TPSA) is 72.5 Å². The van der Waals surface area contributed by atoms with Crippen molar-refractivity contribution in [2.24, 2.45) is 0 Å². The van der Waals surface area contributed by atoms with Crippen LogP contribution in [0.15, 0.2) is 0 Å². The van der Waals surface area contributed by atoms with Crippen LogP contribution in [0.25, 0.3) is 0 Å². The highest BCUT2D eigenvalue weighted by Crippen LogP contribution is 2.17. The van der Waals surface area contributed by atoms with Gasteiger partial charge in [0.05, 0.1) is 12.4 Å². The fraction of sp³-hybridized carbons (Fsp3) is 0.900. The molecule has 0 aliphatic heterocycles. The molecule has 19 heavy (non-hydrogen) atoms. The number of alkyl carbamates (subject to hydrolysis) is 1. The maximum Gasteiger partial charge on any atom is 0.407 e. The number of ether oxygens (including phenoxy) is 1. The van der Waals surface area contributed by atoms with Gasteiger partial charge in [0, 0.05) is 6.04 Å². The van der Waals surface area contributed by atoms with Gasteiger partial charge in [-0.05, 0) is 13.3 Å². The molecule has 0 rings (SSSR count). The van der Waals surface area contributed by atoms with Crippen LogP contribution in [0.4, 0.5) is 18.0 Å². The first-order valence-electron chi connectivity index (χ1n) is 5.76. The molecule has 0 heterocycles. The van der Waals surface area contributed by atoms with Gasteiger partial charge in [-0.1, -0.05) is 13.3 Å². The molecule has 0 saturated heterocycles. The Balaban J connectivity index is 4.16. The zero-order valence-corrected chi connectivity index (χ0v) is 11.6. The van der Waals surface area contributed by atoms with Crippen molar-refractivity contribution in [3.8, 4) is 0 Å². The minimum absolute atomic E-state index is 0.185. The highest BCUT2D eigenvalue weighted by atomic mass is 32.2. The van der Waals surface area contributed by atoms with Gasteiger partial charge in [0.25, 0.3) is 0 Å². The summed E-state index contributed by atoms with van der Waals surface area (Å²) >= 11 is 0. The molecular formula is C10H18F3NO4S. The molecule has 0 spiro atoms. The lowest BCUT2D eigenvalue weighted by atomic mass is 10.4. The normalized spacial score (nSPS) is 13.9. The zero-order valence-electron chi connectivity index (χ0n) is 10.8. The van der Waals surface area contributed by atoms with Crippen molar-refractivity contribution < 1.29 is 31.1 Å². The van der Waals surface area contributed by atoms with Gasteiger partial charge < -0.3 is 10.1 Å². The first-order chi connectivity index (χ1) is 8.56. The van der Waals surface area contributed by atoms with Gasteiger partial charge in [-0.3, -0.25) is 0 Å². The second-order valence-electron chi connectivity index (χ2n) is 4.20. The number of amides is 1. The molecule has 1 amide bonds. The van der Waals surface area contributed by atoms with Crippen molar-refractivity contribution in [3.05, 3.63) is 0 Å². The Labute approximate surface area is 110 Å². The number of alkyl halides is 3. The average molecular weight is 305 g/mol. The van der Waals surface area contributed by atoms with Gasteiger partial charge in [-0.15, -0.1) is 0 Å². The van der Waals surface area contributed by atoms with Crippen molar-refractivity contribution in [2.45, 2.75) is 38.9 Å². The lowest BCUT2D eigenvalue weighted by Gasteiger charge is -2.15. The van der Waals surface area contributed by atoms with Gasteiger partial charge in [-0.2, -0.15) is 13.2 Å². The molecule has 0 aliphatic rings. The number of sulfone groups is 1. The predicted molar refractivity (Wildman–Crippen MR) is 63.6 cm³/mol. The van der Waals surface area contributed by atoms with Crippen LogP contribution in [0.1, 0.15) is 26.7 Å². The fourth-order valence-electron chi connectivity index (χ4n) is 1.28. The number of unbranched alkanes of at least 4 members (excludes halogenated alkanes) is 1. The smallest absolute Gasteiger partial charge is 0.407 e. The average Bonchev–Trinajstić information content (AvgIpc) is 2.11. The Morgan fingerprint density at radius 3 is 2.42 bits per heavy atom. The molecule has 0 aliphatic carbocycles. The van der Waals surface area contributed by atoms with E-state index in [0.717, 1.165) is 6.42 Å². The van der Waals surface area contributed by atoms with E-state index in [9.17, 15) is 26.4 Å². The minimum Gasteiger partial charge on any atom is -0.450 e. The highest BCUT2D eigenvalue weighted by molar-refractivity contribution is 7.91. The zero-order chi connectivity index (χ0) is 15.1. The molecular weight excluding hydrogens is 287 g/mol. The summed E-state index contributed by atoms with van der Waals surface area (Å²) in [6.07, 6.45) is -4.12. The van der Waals surface area contributed by atoms with E-state index in [1.807, 2.05) is 6.92 Å². The number of nitrogens with one attached hydrogen (secondary N) is 1. The highest BCUT2D eigenvalue weighted by Gasteiger charge is 2.35. The molecule has 0 fully saturated rings. The van der Waals surface area contributed by atoms with E-state index >= 15 is 0 Å². The minimum atomic E-state index is -4.78. The lowest BCUT2D eigenvalue weighted by Crippen LogP contribution is -2.40. The second kappa shape index (κ2) is 7.56. The second-order valence-corrected chi connectivity index (χ2v) is 6.31. The molecule has 1 unspecified atom stereocenters. The first kappa shape index (κ1) is 18.0. The predicted octanol–water partition coefficient (Wildman–Crippen LogP) is 1.88. The molecule has 0 bridgehead atoms. The molecule has 9 heteroatoms. The van der Waals surface area contributed by atoms with Crippen LogP contribution in [0.5, 0.6) is 0 Å². The van der Waals surface area contributed by atoms with Gasteiger partial charge >= 0.3 is 12.3 Å². The third-order valence-corrected chi connectivity index (χ3v) is 3.76. The van der Waals surface area contributed by atoms with Crippen LogP contribution in [-0.4, -0.2) is 44.8 Å². The monoisotopic (exact) mass is 305 g/mol. The van der Waals surface area contributed by atoms with Crippen molar-refractivity contribution >= 4 is 15.9 Å². The standard InChI is InChI=1S/C10H18F3NO4S/c1-3-4-5-18-9(15)14-8(2)6-19(16,17)7-10(11,12)13/h8H,3-7H2,1-2H3,(H,14,15). The molecule has 1 atom stereocenters. The van der Waals surface area contributed by atoms with Crippen molar-refractivity contribution in [2.75, 3.05) is 18.1 Å². The number of halogens is 3. The summed E-state index contributed by atoms with van der Waals surface area (Å²) in [5.41, 5.74) is 0. The maximum atomic E-state index is 12.0. The van der Waals surface area contributed by atoms with Crippen molar-refractivity contribution in [1.29, 1.82) is 0 Å². The van der Waals surface area contributed by atoms with Gasteiger partial charge in [0.2, 0.25) is 0 Å². The summed E-state index contributed by atoms with van der Waals surface area (Å²) in [5.74, 6) is -2.67. The number of hydrogen-bond acceptors (Lipinski definition) is 4. The number of carbonyl (C=O) groups is 1. The molecule has 0 aromatic heterocycles. The molecule has 0 aromatic carbocycles.